The summed E-state index contributed by atoms with van der Waals surface area (Å²) in [5.74, 6) is 0. The van der Waals surface area contributed by atoms with Crippen LogP contribution in [-0.2, 0) is 5.41 Å². The Kier molecular flexibility index (Phi) is 11.4. The van der Waals surface area contributed by atoms with Crippen molar-refractivity contribution in [1.82, 2.24) is 0 Å². The van der Waals surface area contributed by atoms with Gasteiger partial charge in [0.15, 0.2) is 0 Å². The normalized spacial score (nSPS) is 18.4. The molecule has 2 aromatic carbocycles. The molecule has 0 fully saturated rings. The Labute approximate surface area is 253 Å². The van der Waals surface area contributed by atoms with E-state index in [2.05, 4.69) is 139 Å². The lowest BCUT2D eigenvalue weighted by molar-refractivity contribution is 0.750. The quantitative estimate of drug-likeness (QED) is 0.219. The van der Waals surface area contributed by atoms with Crippen LogP contribution in [0.4, 0.5) is 0 Å². The zero-order valence-corrected chi connectivity index (χ0v) is 25.3. The van der Waals surface area contributed by atoms with E-state index in [1.54, 1.807) is 6.08 Å². The van der Waals surface area contributed by atoms with Gasteiger partial charge < -0.3 is 0 Å². The predicted octanol–water partition coefficient (Wildman–Crippen LogP) is 11.6. The second kappa shape index (κ2) is 15.2. The van der Waals surface area contributed by atoms with E-state index in [4.69, 9.17) is 0 Å². The average Bonchev–Trinajstić information content (AvgIpc) is 3.27. The largest absolute Gasteiger partial charge is 0.0991 e. The molecule has 0 radical (unpaired) electrons. The molecule has 0 amide bonds. The van der Waals surface area contributed by atoms with Gasteiger partial charge in [-0.3, -0.25) is 0 Å². The van der Waals surface area contributed by atoms with Crippen molar-refractivity contribution in [2.45, 2.75) is 26.2 Å². The highest BCUT2D eigenvalue weighted by Gasteiger charge is 2.46. The maximum atomic E-state index is 4.25. The Morgan fingerprint density at radius 2 is 1.33 bits per heavy atom. The SMILES string of the molecule is C=C/C=C\C1=C(C)C(C=C)=C(/C=C\C=C)C1(C(/C=C(\C=C)c1ccccc1)=C/C)c1cccc(C(/C=C\C=C)=C/C)c1. The fourth-order valence-electron chi connectivity index (χ4n) is 5.75. The van der Waals surface area contributed by atoms with Gasteiger partial charge in [0.1, 0.15) is 0 Å². The lowest BCUT2D eigenvalue weighted by Crippen LogP contribution is -2.31. The summed E-state index contributed by atoms with van der Waals surface area (Å²) in [6.45, 7) is 26.6. The van der Waals surface area contributed by atoms with Crippen LogP contribution in [0.1, 0.15) is 37.5 Å². The monoisotopic (exact) mass is 546 g/mol. The van der Waals surface area contributed by atoms with E-state index in [9.17, 15) is 0 Å². The molecule has 0 saturated heterocycles. The molecule has 0 aromatic heterocycles. The van der Waals surface area contributed by atoms with Crippen LogP contribution in [0.2, 0.25) is 0 Å². The zero-order chi connectivity index (χ0) is 30.5. The fourth-order valence-corrected chi connectivity index (χ4v) is 5.75. The fraction of sp³-hybridized carbons (Fsp3) is 0.0952. The maximum Gasteiger partial charge on any atom is 0.0707 e. The van der Waals surface area contributed by atoms with E-state index < -0.39 is 5.41 Å². The summed E-state index contributed by atoms with van der Waals surface area (Å²) in [7, 11) is 0. The minimum atomic E-state index is -0.651. The highest BCUT2D eigenvalue weighted by molar-refractivity contribution is 5.82. The van der Waals surface area contributed by atoms with E-state index in [-0.39, 0.29) is 0 Å². The van der Waals surface area contributed by atoms with Gasteiger partial charge in [-0.2, -0.15) is 0 Å². The second-order valence-electron chi connectivity index (χ2n) is 9.84. The molecule has 1 aliphatic rings. The minimum Gasteiger partial charge on any atom is -0.0991 e. The van der Waals surface area contributed by atoms with E-state index >= 15 is 0 Å². The number of allylic oxidation sites excluding steroid dienone is 21. The van der Waals surface area contributed by atoms with Gasteiger partial charge in [0, 0.05) is 0 Å². The van der Waals surface area contributed by atoms with Crippen molar-refractivity contribution >= 4 is 11.1 Å². The predicted molar refractivity (Wildman–Crippen MR) is 188 cm³/mol. The Bertz CT molecular complexity index is 1600. The van der Waals surface area contributed by atoms with Crippen molar-refractivity contribution in [2.24, 2.45) is 0 Å². The van der Waals surface area contributed by atoms with Crippen molar-refractivity contribution in [3.63, 3.8) is 0 Å². The van der Waals surface area contributed by atoms with E-state index in [1.807, 2.05) is 48.6 Å². The maximum absolute atomic E-state index is 4.25. The second-order valence-corrected chi connectivity index (χ2v) is 9.84. The van der Waals surface area contributed by atoms with Crippen molar-refractivity contribution in [3.05, 3.63) is 217 Å². The molecule has 42 heavy (non-hydrogen) atoms. The van der Waals surface area contributed by atoms with Crippen LogP contribution in [0.15, 0.2) is 200 Å². The van der Waals surface area contributed by atoms with Gasteiger partial charge in [-0.05, 0) is 88.6 Å². The summed E-state index contributed by atoms with van der Waals surface area (Å²) >= 11 is 0. The third kappa shape index (κ3) is 6.19. The van der Waals surface area contributed by atoms with Crippen molar-refractivity contribution in [2.75, 3.05) is 0 Å². The van der Waals surface area contributed by atoms with E-state index in [0.717, 1.165) is 44.6 Å². The van der Waals surface area contributed by atoms with E-state index in [1.165, 1.54) is 11.1 Å². The van der Waals surface area contributed by atoms with Crippen LogP contribution in [0.3, 0.4) is 0 Å². The Morgan fingerprint density at radius 1 is 0.690 bits per heavy atom. The van der Waals surface area contributed by atoms with Crippen LogP contribution >= 0.6 is 0 Å². The molecule has 0 N–H and O–H groups in total. The van der Waals surface area contributed by atoms with Crippen molar-refractivity contribution < 1.29 is 0 Å². The zero-order valence-electron chi connectivity index (χ0n) is 25.3. The Morgan fingerprint density at radius 3 is 1.90 bits per heavy atom. The molecule has 1 aliphatic carbocycles. The van der Waals surface area contributed by atoms with Gasteiger partial charge in [0.25, 0.3) is 0 Å². The smallest absolute Gasteiger partial charge is 0.0707 e. The molecule has 0 aliphatic heterocycles. The van der Waals surface area contributed by atoms with Crippen molar-refractivity contribution in [3.8, 4) is 0 Å². The molecule has 1 atom stereocenters. The van der Waals surface area contributed by atoms with Gasteiger partial charge in [0.05, 0.1) is 5.41 Å². The molecule has 1 unspecified atom stereocenters. The molecule has 3 rings (SSSR count). The molecule has 0 spiro atoms. The standard InChI is InChI=1S/C42H42/c1-9-16-23-33(12-4)36-26-22-27-38(31-36)42(37(14-6)30-34(13-5)35-24-20-19-21-25-35)40(28-17-10-2)32(8)39(15-7)41(42)29-18-11-3/h9-31H,1-3,5,7H2,4,6,8H3/b23-16-,28-17-,29-18-,33-12+,34-30+,37-14+. The molecular formula is C42H42. The summed E-state index contributed by atoms with van der Waals surface area (Å²) in [5, 5.41) is 0. The molecule has 0 bridgehead atoms. The molecule has 0 heteroatoms. The molecule has 210 valence electrons. The first kappa shape index (κ1) is 31.6. The number of hydrogen-bond acceptors (Lipinski definition) is 0. The van der Waals surface area contributed by atoms with Gasteiger partial charge in [-0.1, -0.05) is 160 Å². The number of benzene rings is 2. The number of rotatable bonds is 13. The Hall–Kier alpha value is -4.94. The van der Waals surface area contributed by atoms with Gasteiger partial charge in [0.2, 0.25) is 0 Å². The summed E-state index contributed by atoms with van der Waals surface area (Å²) < 4.78 is 0. The summed E-state index contributed by atoms with van der Waals surface area (Å²) in [4.78, 5) is 0. The average molecular weight is 547 g/mol. The van der Waals surface area contributed by atoms with Crippen LogP contribution < -0.4 is 0 Å². The lowest BCUT2D eigenvalue weighted by atomic mass is 9.64. The van der Waals surface area contributed by atoms with Gasteiger partial charge in [-0.25, -0.2) is 0 Å². The summed E-state index contributed by atoms with van der Waals surface area (Å²) in [6, 6.07) is 19.2. The Balaban J connectivity index is 2.57. The minimum absolute atomic E-state index is 0.651. The first-order valence-corrected chi connectivity index (χ1v) is 14.3. The molecule has 0 nitrogen and oxygen atoms in total. The van der Waals surface area contributed by atoms with Crippen LogP contribution in [0.25, 0.3) is 11.1 Å². The van der Waals surface area contributed by atoms with E-state index in [0.29, 0.717) is 0 Å². The highest BCUT2D eigenvalue weighted by atomic mass is 14.5. The first-order valence-electron chi connectivity index (χ1n) is 14.3. The molecular weight excluding hydrogens is 504 g/mol. The highest BCUT2D eigenvalue weighted by Crippen LogP contribution is 2.56. The van der Waals surface area contributed by atoms with Gasteiger partial charge in [-0.15, -0.1) is 0 Å². The molecule has 0 heterocycles. The van der Waals surface area contributed by atoms with Crippen molar-refractivity contribution in [1.29, 1.82) is 0 Å². The van der Waals surface area contributed by atoms with Crippen LogP contribution in [0, 0.1) is 0 Å². The number of hydrogen-bond donors (Lipinski definition) is 0. The van der Waals surface area contributed by atoms with Crippen LogP contribution in [0.5, 0.6) is 0 Å². The summed E-state index contributed by atoms with van der Waals surface area (Å²) in [5.41, 5.74) is 10.6. The van der Waals surface area contributed by atoms with Gasteiger partial charge >= 0.3 is 0 Å². The molecule has 0 saturated carbocycles. The summed E-state index contributed by atoms with van der Waals surface area (Å²) in [6.07, 6.45) is 28.4. The topological polar surface area (TPSA) is 0 Å². The first-order chi connectivity index (χ1) is 20.5. The van der Waals surface area contributed by atoms with Crippen LogP contribution in [-0.4, -0.2) is 0 Å². The lowest BCUT2D eigenvalue weighted by Gasteiger charge is -2.37. The molecule has 2 aromatic rings. The third-order valence-corrected chi connectivity index (χ3v) is 7.64. The third-order valence-electron chi connectivity index (χ3n) is 7.64.